The van der Waals surface area contributed by atoms with E-state index in [0.717, 1.165) is 47.2 Å². The van der Waals surface area contributed by atoms with Gasteiger partial charge in [-0.25, -0.2) is 0 Å². The van der Waals surface area contributed by atoms with Crippen LogP contribution < -0.4 is 10.5 Å². The number of aryl methyl sites for hydroxylation is 1. The van der Waals surface area contributed by atoms with Crippen LogP contribution in [0.15, 0.2) is 42.5 Å². The van der Waals surface area contributed by atoms with E-state index in [1.165, 1.54) is 5.56 Å². The molecular weight excluding hydrogens is 310 g/mol. The summed E-state index contributed by atoms with van der Waals surface area (Å²) in [6.45, 7) is 3.34. The quantitative estimate of drug-likeness (QED) is 0.630. The average Bonchev–Trinajstić information content (AvgIpc) is 3.00. The molecule has 0 fully saturated rings. The predicted molar refractivity (Wildman–Crippen MR) is 102 cm³/mol. The van der Waals surface area contributed by atoms with Gasteiger partial charge in [-0.3, -0.25) is 0 Å². The molecule has 0 radical (unpaired) electrons. The molecule has 0 aliphatic carbocycles. The number of nitrogens with two attached hydrogens (primary N) is 1. The zero-order chi connectivity index (χ0) is 17.6. The van der Waals surface area contributed by atoms with Gasteiger partial charge in [0.1, 0.15) is 5.75 Å². The van der Waals surface area contributed by atoms with Gasteiger partial charge in [0.15, 0.2) is 0 Å². The number of benzene rings is 2. The molecule has 0 spiro atoms. The third-order valence-corrected chi connectivity index (χ3v) is 4.37. The van der Waals surface area contributed by atoms with Crippen molar-refractivity contribution in [1.29, 1.82) is 5.26 Å². The maximum atomic E-state index is 9.22. The van der Waals surface area contributed by atoms with Crippen LogP contribution in [-0.4, -0.2) is 18.1 Å². The lowest BCUT2D eigenvalue weighted by atomic mass is 9.99. The summed E-state index contributed by atoms with van der Waals surface area (Å²) >= 11 is 0. The molecule has 128 valence electrons. The van der Waals surface area contributed by atoms with Crippen molar-refractivity contribution < 1.29 is 4.74 Å². The number of nitrogens with one attached hydrogen (secondary N) is 1. The first-order valence-corrected chi connectivity index (χ1v) is 8.74. The van der Waals surface area contributed by atoms with Gasteiger partial charge in [-0.1, -0.05) is 0 Å². The summed E-state index contributed by atoms with van der Waals surface area (Å²) in [6.07, 6.45) is 2.96. The van der Waals surface area contributed by atoms with Gasteiger partial charge in [-0.05, 0) is 86.3 Å². The van der Waals surface area contributed by atoms with Crippen molar-refractivity contribution in [3.63, 3.8) is 0 Å². The Morgan fingerprint density at radius 1 is 1.12 bits per heavy atom. The molecule has 0 unspecified atom stereocenters. The molecule has 0 atom stereocenters. The smallest absolute Gasteiger partial charge is 0.119 e. The number of aromatic nitrogens is 1. The minimum atomic E-state index is 0.660. The van der Waals surface area contributed by atoms with Gasteiger partial charge in [0.05, 0.1) is 18.2 Å². The number of unbranched alkanes of at least 4 members (excludes halogenated alkanes) is 1. The van der Waals surface area contributed by atoms with E-state index in [1.54, 1.807) is 0 Å². The Labute approximate surface area is 148 Å². The largest absolute Gasteiger partial charge is 0.494 e. The first-order valence-electron chi connectivity index (χ1n) is 8.74. The van der Waals surface area contributed by atoms with Gasteiger partial charge in [0, 0.05) is 16.6 Å². The lowest BCUT2D eigenvalue weighted by Crippen LogP contribution is -1.99. The van der Waals surface area contributed by atoms with E-state index in [0.29, 0.717) is 18.7 Å². The first kappa shape index (κ1) is 17.1. The third-order valence-electron chi connectivity index (χ3n) is 4.37. The van der Waals surface area contributed by atoms with Crippen molar-refractivity contribution in [1.82, 2.24) is 4.98 Å². The number of rotatable bonds is 7. The highest BCUT2D eigenvalue weighted by molar-refractivity contribution is 5.91. The Bertz CT molecular complexity index is 888. The Balaban J connectivity index is 2.05. The monoisotopic (exact) mass is 333 g/mol. The summed E-state index contributed by atoms with van der Waals surface area (Å²) < 4.78 is 5.54. The number of fused-ring (bicyclic) bond motifs is 1. The number of hydrogen-bond acceptors (Lipinski definition) is 3. The minimum Gasteiger partial charge on any atom is -0.494 e. The molecule has 4 nitrogen and oxygen atoms in total. The van der Waals surface area contributed by atoms with Crippen LogP contribution in [0.25, 0.3) is 22.2 Å². The van der Waals surface area contributed by atoms with E-state index >= 15 is 0 Å². The Morgan fingerprint density at radius 2 is 1.92 bits per heavy atom. The van der Waals surface area contributed by atoms with Crippen LogP contribution >= 0.6 is 0 Å². The molecule has 0 saturated heterocycles. The SMILES string of the molecule is CCOc1ccc(-c2[nH]c3ccc(C#N)cc3c2CCCCN)cc1. The minimum absolute atomic E-state index is 0.660. The number of H-pyrrole nitrogens is 1. The number of aromatic amines is 1. The number of nitriles is 1. The molecule has 0 bridgehead atoms. The van der Waals surface area contributed by atoms with Gasteiger partial charge in [0.2, 0.25) is 0 Å². The highest BCUT2D eigenvalue weighted by Gasteiger charge is 2.13. The maximum absolute atomic E-state index is 9.22. The van der Waals surface area contributed by atoms with E-state index in [1.807, 2.05) is 37.3 Å². The first-order chi connectivity index (χ1) is 12.3. The lowest BCUT2D eigenvalue weighted by Gasteiger charge is -2.07. The standard InChI is InChI=1S/C21H23N3O/c1-2-25-17-9-7-16(8-10-17)21-18(5-3-4-12-22)19-13-15(14-23)6-11-20(19)24-21/h6-11,13,24H,2-5,12,22H2,1H3. The Morgan fingerprint density at radius 3 is 2.60 bits per heavy atom. The Kier molecular flexibility index (Phi) is 5.37. The number of ether oxygens (including phenoxy) is 1. The highest BCUT2D eigenvalue weighted by Crippen LogP contribution is 2.33. The molecule has 25 heavy (non-hydrogen) atoms. The van der Waals surface area contributed by atoms with Crippen molar-refractivity contribution in [2.45, 2.75) is 26.2 Å². The van der Waals surface area contributed by atoms with Gasteiger partial charge in [-0.2, -0.15) is 5.26 Å². The molecule has 0 amide bonds. The summed E-state index contributed by atoms with van der Waals surface area (Å²) in [7, 11) is 0. The molecule has 3 rings (SSSR count). The molecular formula is C21H23N3O. The summed E-state index contributed by atoms with van der Waals surface area (Å²) in [6, 6.07) is 16.2. The fourth-order valence-electron chi connectivity index (χ4n) is 3.15. The van der Waals surface area contributed by atoms with Crippen LogP contribution in [0.3, 0.4) is 0 Å². The van der Waals surface area contributed by atoms with Crippen LogP contribution in [0.4, 0.5) is 0 Å². The summed E-state index contributed by atoms with van der Waals surface area (Å²) in [4.78, 5) is 3.53. The van der Waals surface area contributed by atoms with E-state index < -0.39 is 0 Å². The normalized spacial score (nSPS) is 10.8. The second kappa shape index (κ2) is 7.87. The summed E-state index contributed by atoms with van der Waals surface area (Å²) in [5.41, 5.74) is 10.9. The maximum Gasteiger partial charge on any atom is 0.119 e. The molecule has 3 N–H and O–H groups in total. The summed E-state index contributed by atoms with van der Waals surface area (Å²) in [5, 5.41) is 10.3. The van der Waals surface area contributed by atoms with Gasteiger partial charge in [0.25, 0.3) is 0 Å². The topological polar surface area (TPSA) is 74.8 Å². The zero-order valence-electron chi connectivity index (χ0n) is 14.5. The highest BCUT2D eigenvalue weighted by atomic mass is 16.5. The lowest BCUT2D eigenvalue weighted by molar-refractivity contribution is 0.340. The second-order valence-electron chi connectivity index (χ2n) is 6.05. The van der Waals surface area contributed by atoms with E-state index in [2.05, 4.69) is 23.2 Å². The van der Waals surface area contributed by atoms with E-state index in [9.17, 15) is 5.26 Å². The molecule has 0 saturated carbocycles. The molecule has 3 aromatic rings. The van der Waals surface area contributed by atoms with Crippen LogP contribution in [0.1, 0.15) is 30.9 Å². The fraction of sp³-hybridized carbons (Fsp3) is 0.286. The van der Waals surface area contributed by atoms with Gasteiger partial charge < -0.3 is 15.5 Å². The average molecular weight is 333 g/mol. The van der Waals surface area contributed by atoms with Crippen LogP contribution in [0, 0.1) is 11.3 Å². The predicted octanol–water partition coefficient (Wildman–Crippen LogP) is 4.39. The van der Waals surface area contributed by atoms with Crippen molar-refractivity contribution in [3.05, 3.63) is 53.6 Å². The van der Waals surface area contributed by atoms with Crippen LogP contribution in [0.2, 0.25) is 0 Å². The number of hydrogen-bond donors (Lipinski definition) is 2. The molecule has 0 aliphatic rings. The van der Waals surface area contributed by atoms with Gasteiger partial charge >= 0.3 is 0 Å². The summed E-state index contributed by atoms with van der Waals surface area (Å²) in [5.74, 6) is 0.874. The number of nitrogens with zero attached hydrogens (tertiary/aromatic N) is 1. The van der Waals surface area contributed by atoms with E-state index in [4.69, 9.17) is 10.5 Å². The Hall–Kier alpha value is -2.77. The molecule has 1 heterocycles. The van der Waals surface area contributed by atoms with Gasteiger partial charge in [-0.15, -0.1) is 0 Å². The molecule has 4 heteroatoms. The molecule has 2 aromatic carbocycles. The van der Waals surface area contributed by atoms with Crippen molar-refractivity contribution in [2.24, 2.45) is 5.73 Å². The van der Waals surface area contributed by atoms with E-state index in [-0.39, 0.29) is 0 Å². The van der Waals surface area contributed by atoms with Crippen molar-refractivity contribution >= 4 is 10.9 Å². The van der Waals surface area contributed by atoms with Crippen LogP contribution in [-0.2, 0) is 6.42 Å². The van der Waals surface area contributed by atoms with Crippen molar-refractivity contribution in [3.8, 4) is 23.1 Å². The van der Waals surface area contributed by atoms with Crippen LogP contribution in [0.5, 0.6) is 5.75 Å². The third kappa shape index (κ3) is 3.67. The molecule has 1 aromatic heterocycles. The zero-order valence-corrected chi connectivity index (χ0v) is 14.5. The van der Waals surface area contributed by atoms with Crippen molar-refractivity contribution in [2.75, 3.05) is 13.2 Å². The second-order valence-corrected chi connectivity index (χ2v) is 6.05. The molecule has 0 aliphatic heterocycles. The fourth-order valence-corrected chi connectivity index (χ4v) is 3.15.